The van der Waals surface area contributed by atoms with E-state index in [0.717, 1.165) is 22.4 Å². The van der Waals surface area contributed by atoms with Crippen molar-refractivity contribution in [3.63, 3.8) is 0 Å². The molecule has 0 saturated heterocycles. The van der Waals surface area contributed by atoms with Gasteiger partial charge >= 0.3 is 0 Å². The third-order valence-corrected chi connectivity index (χ3v) is 5.36. The second-order valence-corrected chi connectivity index (χ2v) is 9.25. The zero-order valence-corrected chi connectivity index (χ0v) is 19.9. The summed E-state index contributed by atoms with van der Waals surface area (Å²) in [6, 6.07) is 16.5. The number of pyridine rings is 1. The number of aromatic nitrogens is 1. The molecule has 1 aromatic heterocycles. The first-order valence-electron chi connectivity index (χ1n) is 10.7. The lowest BCUT2D eigenvalue weighted by atomic mass is 9.85. The molecule has 168 valence electrons. The Morgan fingerprint density at radius 1 is 1.03 bits per heavy atom. The molecule has 6 heteroatoms. The van der Waals surface area contributed by atoms with E-state index in [1.807, 2.05) is 64.1 Å². The number of hydrogen-bond donors (Lipinski definition) is 1. The van der Waals surface area contributed by atoms with E-state index in [1.165, 1.54) is 4.90 Å². The normalized spacial score (nSPS) is 10.9. The van der Waals surface area contributed by atoms with Crippen molar-refractivity contribution in [3.05, 3.63) is 82.7 Å². The van der Waals surface area contributed by atoms with Crippen LogP contribution in [0.2, 0.25) is 0 Å². The Hall–Kier alpha value is -3.98. The van der Waals surface area contributed by atoms with Crippen LogP contribution in [0.4, 0.5) is 5.69 Å². The third kappa shape index (κ3) is 5.45. The summed E-state index contributed by atoms with van der Waals surface area (Å²) >= 11 is 0. The standard InChI is InChI=1S/C27H28N4O2/c1-17-24(19-8-7-9-20(12-19)26(33)31(5)6)14-23(16-29-17)30-25(32)21-10-18(15-28)11-22(13-21)27(2,3)4/h7-14,16H,1-6H3,(H,30,32). The van der Waals surface area contributed by atoms with Crippen molar-refractivity contribution in [2.75, 3.05) is 19.4 Å². The van der Waals surface area contributed by atoms with Crippen molar-refractivity contribution in [3.8, 4) is 17.2 Å². The summed E-state index contributed by atoms with van der Waals surface area (Å²) in [6.07, 6.45) is 1.60. The molecule has 2 aromatic carbocycles. The maximum Gasteiger partial charge on any atom is 0.255 e. The van der Waals surface area contributed by atoms with E-state index < -0.39 is 0 Å². The lowest BCUT2D eigenvalue weighted by molar-refractivity contribution is 0.0827. The second-order valence-electron chi connectivity index (χ2n) is 9.25. The summed E-state index contributed by atoms with van der Waals surface area (Å²) in [7, 11) is 3.43. The van der Waals surface area contributed by atoms with Gasteiger partial charge in [0.2, 0.25) is 0 Å². The zero-order chi connectivity index (χ0) is 24.3. The largest absolute Gasteiger partial charge is 0.345 e. The van der Waals surface area contributed by atoms with Gasteiger partial charge in [-0.25, -0.2) is 0 Å². The van der Waals surface area contributed by atoms with E-state index >= 15 is 0 Å². The van der Waals surface area contributed by atoms with Crippen LogP contribution < -0.4 is 5.32 Å². The summed E-state index contributed by atoms with van der Waals surface area (Å²) in [5, 5.41) is 12.3. The van der Waals surface area contributed by atoms with Gasteiger partial charge in [-0.3, -0.25) is 14.6 Å². The molecule has 0 atom stereocenters. The van der Waals surface area contributed by atoms with Gasteiger partial charge in [0.1, 0.15) is 0 Å². The SMILES string of the molecule is Cc1ncc(NC(=O)c2cc(C#N)cc(C(C)(C)C)c2)cc1-c1cccc(C(=O)N(C)C)c1. The minimum atomic E-state index is -0.314. The first kappa shape index (κ1) is 23.7. The van der Waals surface area contributed by atoms with Crippen LogP contribution in [0.25, 0.3) is 11.1 Å². The lowest BCUT2D eigenvalue weighted by Crippen LogP contribution is -2.21. The number of carbonyl (C=O) groups excluding carboxylic acids is 2. The molecule has 0 saturated carbocycles. The van der Waals surface area contributed by atoms with Gasteiger partial charge in [0, 0.05) is 36.5 Å². The van der Waals surface area contributed by atoms with E-state index in [-0.39, 0.29) is 17.2 Å². The number of benzene rings is 2. The number of aryl methyl sites for hydroxylation is 1. The third-order valence-electron chi connectivity index (χ3n) is 5.36. The van der Waals surface area contributed by atoms with Crippen LogP contribution in [0.5, 0.6) is 0 Å². The van der Waals surface area contributed by atoms with Gasteiger partial charge in [-0.05, 0) is 59.9 Å². The van der Waals surface area contributed by atoms with Gasteiger partial charge in [-0.1, -0.05) is 32.9 Å². The van der Waals surface area contributed by atoms with Crippen LogP contribution >= 0.6 is 0 Å². The molecule has 0 unspecified atom stereocenters. The summed E-state index contributed by atoms with van der Waals surface area (Å²) in [5.41, 5.74) is 5.12. The number of hydrogen-bond acceptors (Lipinski definition) is 4. The van der Waals surface area contributed by atoms with Gasteiger partial charge in [-0.2, -0.15) is 5.26 Å². The van der Waals surface area contributed by atoms with Crippen molar-refractivity contribution in [2.24, 2.45) is 0 Å². The van der Waals surface area contributed by atoms with E-state index in [2.05, 4.69) is 16.4 Å². The highest BCUT2D eigenvalue weighted by atomic mass is 16.2. The van der Waals surface area contributed by atoms with Crippen LogP contribution in [0.15, 0.2) is 54.7 Å². The molecule has 1 N–H and O–H groups in total. The molecule has 6 nitrogen and oxygen atoms in total. The summed E-state index contributed by atoms with van der Waals surface area (Å²) in [5.74, 6) is -0.398. The number of rotatable bonds is 4. The summed E-state index contributed by atoms with van der Waals surface area (Å²) in [4.78, 5) is 31.3. The molecular formula is C27H28N4O2. The number of nitrogens with zero attached hydrogens (tertiary/aromatic N) is 3. The van der Waals surface area contributed by atoms with Crippen molar-refractivity contribution in [1.82, 2.24) is 9.88 Å². The predicted octanol–water partition coefficient (Wildman–Crippen LogP) is 5.18. The van der Waals surface area contributed by atoms with Gasteiger partial charge in [0.25, 0.3) is 11.8 Å². The summed E-state index contributed by atoms with van der Waals surface area (Å²) < 4.78 is 0. The first-order valence-corrected chi connectivity index (χ1v) is 10.7. The first-order chi connectivity index (χ1) is 15.5. The minimum Gasteiger partial charge on any atom is -0.345 e. The van der Waals surface area contributed by atoms with Crippen LogP contribution in [0.1, 0.15) is 58.3 Å². The number of carbonyl (C=O) groups is 2. The molecule has 3 rings (SSSR count). The van der Waals surface area contributed by atoms with E-state index in [1.54, 1.807) is 32.4 Å². The Morgan fingerprint density at radius 3 is 2.39 bits per heavy atom. The smallest absolute Gasteiger partial charge is 0.255 e. The predicted molar refractivity (Wildman–Crippen MR) is 130 cm³/mol. The van der Waals surface area contributed by atoms with Crippen molar-refractivity contribution < 1.29 is 9.59 Å². The van der Waals surface area contributed by atoms with E-state index in [9.17, 15) is 14.9 Å². The maximum atomic E-state index is 13.0. The Labute approximate surface area is 194 Å². The average molecular weight is 441 g/mol. The van der Waals surface area contributed by atoms with Gasteiger partial charge in [-0.15, -0.1) is 0 Å². The molecule has 0 aliphatic heterocycles. The molecule has 0 spiro atoms. The average Bonchev–Trinajstić information content (AvgIpc) is 2.78. The highest BCUT2D eigenvalue weighted by molar-refractivity contribution is 6.05. The Kier molecular flexibility index (Phi) is 6.64. The molecule has 0 aliphatic carbocycles. The molecule has 3 aromatic rings. The molecular weight excluding hydrogens is 412 g/mol. The molecule has 0 radical (unpaired) electrons. The zero-order valence-electron chi connectivity index (χ0n) is 19.9. The van der Waals surface area contributed by atoms with Crippen molar-refractivity contribution in [2.45, 2.75) is 33.1 Å². The quantitative estimate of drug-likeness (QED) is 0.606. The van der Waals surface area contributed by atoms with Crippen molar-refractivity contribution >= 4 is 17.5 Å². The highest BCUT2D eigenvalue weighted by Crippen LogP contribution is 2.28. The lowest BCUT2D eigenvalue weighted by Gasteiger charge is -2.20. The van der Waals surface area contributed by atoms with Crippen LogP contribution in [0.3, 0.4) is 0 Å². The van der Waals surface area contributed by atoms with Gasteiger partial charge in [0.15, 0.2) is 0 Å². The Bertz CT molecular complexity index is 1260. The second kappa shape index (κ2) is 9.25. The topological polar surface area (TPSA) is 86.1 Å². The van der Waals surface area contributed by atoms with Crippen LogP contribution in [0, 0.1) is 18.3 Å². The molecule has 2 amide bonds. The van der Waals surface area contributed by atoms with E-state index in [0.29, 0.717) is 22.4 Å². The molecule has 0 fully saturated rings. The van der Waals surface area contributed by atoms with Gasteiger partial charge in [0.05, 0.1) is 23.5 Å². The maximum absolute atomic E-state index is 13.0. The summed E-state index contributed by atoms with van der Waals surface area (Å²) in [6.45, 7) is 8.00. The van der Waals surface area contributed by atoms with Crippen molar-refractivity contribution in [1.29, 1.82) is 5.26 Å². The van der Waals surface area contributed by atoms with Crippen LogP contribution in [-0.4, -0.2) is 35.8 Å². The van der Waals surface area contributed by atoms with Crippen LogP contribution in [-0.2, 0) is 5.41 Å². The minimum absolute atomic E-state index is 0.0843. The Balaban J connectivity index is 1.94. The number of nitriles is 1. The monoisotopic (exact) mass is 440 g/mol. The number of anilines is 1. The highest BCUT2D eigenvalue weighted by Gasteiger charge is 2.18. The Morgan fingerprint density at radius 2 is 1.76 bits per heavy atom. The van der Waals surface area contributed by atoms with E-state index in [4.69, 9.17) is 0 Å². The fraction of sp³-hybridized carbons (Fsp3) is 0.259. The molecule has 1 heterocycles. The fourth-order valence-corrected chi connectivity index (χ4v) is 3.43. The fourth-order valence-electron chi connectivity index (χ4n) is 3.43. The number of amides is 2. The van der Waals surface area contributed by atoms with Gasteiger partial charge < -0.3 is 10.2 Å². The molecule has 0 bridgehead atoms. The molecule has 0 aliphatic rings. The number of nitrogens with one attached hydrogen (secondary N) is 1. The molecule has 33 heavy (non-hydrogen) atoms.